The van der Waals surface area contributed by atoms with Gasteiger partial charge in [-0.2, -0.15) is 0 Å². The fraction of sp³-hybridized carbons (Fsp3) is 0.483. The fourth-order valence-corrected chi connectivity index (χ4v) is 4.19. The average molecular weight is 512 g/mol. The summed E-state index contributed by atoms with van der Waals surface area (Å²) < 4.78 is 5.43. The second-order valence-corrected chi connectivity index (χ2v) is 10.7. The van der Waals surface area contributed by atoms with Crippen molar-refractivity contribution in [1.82, 2.24) is 15.5 Å². The molecule has 2 aromatic carbocycles. The van der Waals surface area contributed by atoms with E-state index in [1.165, 1.54) is 17.0 Å². The van der Waals surface area contributed by atoms with E-state index >= 15 is 0 Å². The van der Waals surface area contributed by atoms with Gasteiger partial charge in [0.05, 0.1) is 0 Å². The molecule has 0 aliphatic rings. The Morgan fingerprint density at radius 3 is 2.03 bits per heavy atom. The van der Waals surface area contributed by atoms with Gasteiger partial charge in [0.2, 0.25) is 11.8 Å². The molecular weight excluding hydrogens is 470 g/mol. The molecule has 37 heavy (non-hydrogen) atoms. The van der Waals surface area contributed by atoms with Gasteiger partial charge < -0.3 is 25.4 Å². The maximum absolute atomic E-state index is 14.0. The van der Waals surface area contributed by atoms with Crippen molar-refractivity contribution in [1.29, 1.82) is 0 Å². The van der Waals surface area contributed by atoms with Crippen LogP contribution >= 0.6 is 0 Å². The van der Waals surface area contributed by atoms with E-state index in [0.29, 0.717) is 5.56 Å². The van der Waals surface area contributed by atoms with Gasteiger partial charge in [-0.15, -0.1) is 0 Å². The Morgan fingerprint density at radius 1 is 0.973 bits per heavy atom. The monoisotopic (exact) mass is 511 g/mol. The topological polar surface area (TPSA) is 108 Å². The largest absolute Gasteiger partial charge is 0.508 e. The maximum atomic E-state index is 14.0. The number of amides is 3. The minimum Gasteiger partial charge on any atom is -0.508 e. The third-order valence-electron chi connectivity index (χ3n) is 5.54. The lowest BCUT2D eigenvalue weighted by Gasteiger charge is -2.34. The highest BCUT2D eigenvalue weighted by Crippen LogP contribution is 2.26. The summed E-state index contributed by atoms with van der Waals surface area (Å²) in [6.07, 6.45) is -0.574. The molecule has 2 aromatic rings. The Bertz CT molecular complexity index is 1070. The number of aromatic hydroxyl groups is 1. The minimum absolute atomic E-state index is 0.0992. The molecule has 0 aliphatic heterocycles. The highest BCUT2D eigenvalue weighted by molar-refractivity contribution is 5.92. The Balaban J connectivity index is 2.51. The number of hydrogen-bond donors (Lipinski definition) is 3. The van der Waals surface area contributed by atoms with Crippen LogP contribution in [-0.4, -0.2) is 52.1 Å². The van der Waals surface area contributed by atoms with Crippen molar-refractivity contribution in [2.75, 3.05) is 6.54 Å². The van der Waals surface area contributed by atoms with E-state index in [2.05, 4.69) is 10.6 Å². The van der Waals surface area contributed by atoms with Crippen LogP contribution in [0.15, 0.2) is 42.5 Å². The molecule has 0 bridgehead atoms. The molecular formula is C29H41N3O5. The minimum atomic E-state index is -1.00. The molecule has 0 aliphatic carbocycles. The zero-order valence-corrected chi connectivity index (χ0v) is 23.2. The Morgan fingerprint density at radius 2 is 1.54 bits per heavy atom. The lowest BCUT2D eigenvalue weighted by Crippen LogP contribution is -2.54. The van der Waals surface area contributed by atoms with E-state index in [1.54, 1.807) is 39.8 Å². The summed E-state index contributed by atoms with van der Waals surface area (Å²) in [6.45, 7) is 14.9. The van der Waals surface area contributed by atoms with Gasteiger partial charge in [0.1, 0.15) is 23.4 Å². The van der Waals surface area contributed by atoms with Gasteiger partial charge in [0.25, 0.3) is 0 Å². The van der Waals surface area contributed by atoms with Crippen molar-refractivity contribution in [2.45, 2.75) is 85.5 Å². The number of nitrogens with zero attached hydrogens (tertiary/aromatic N) is 1. The predicted molar refractivity (Wildman–Crippen MR) is 144 cm³/mol. The number of alkyl carbamates (subject to hydrolysis) is 1. The number of phenolic OH excluding ortho intramolecular Hbond substituents is 1. The Labute approximate surface area is 220 Å². The molecule has 0 spiro atoms. The SMILES string of the molecule is CCN(C(=O)C(Cc1ccc(O)cc1)NC(=O)OC(C)(C)C)C(C(=O)NC(C)C)c1cc(C)cc(C)c1. The summed E-state index contributed by atoms with van der Waals surface area (Å²) in [5, 5.41) is 15.3. The molecule has 8 heteroatoms. The van der Waals surface area contributed by atoms with E-state index in [0.717, 1.165) is 16.7 Å². The number of likely N-dealkylation sites (N-methyl/N-ethyl adjacent to an activating group) is 1. The molecule has 2 unspecified atom stereocenters. The first-order chi connectivity index (χ1) is 17.2. The molecule has 0 aromatic heterocycles. The van der Waals surface area contributed by atoms with Gasteiger partial charge in [-0.25, -0.2) is 4.79 Å². The first-order valence-electron chi connectivity index (χ1n) is 12.7. The van der Waals surface area contributed by atoms with Crippen LogP contribution in [0.4, 0.5) is 4.79 Å². The number of aryl methyl sites for hydroxylation is 2. The Kier molecular flexibility index (Phi) is 10.1. The van der Waals surface area contributed by atoms with Gasteiger partial charge >= 0.3 is 6.09 Å². The molecule has 3 N–H and O–H groups in total. The smallest absolute Gasteiger partial charge is 0.408 e. The second-order valence-electron chi connectivity index (χ2n) is 10.7. The van der Waals surface area contributed by atoms with Gasteiger partial charge in [0.15, 0.2) is 0 Å². The summed E-state index contributed by atoms with van der Waals surface area (Å²) in [7, 11) is 0. The van der Waals surface area contributed by atoms with E-state index in [-0.39, 0.29) is 30.7 Å². The molecule has 202 valence electrons. The number of rotatable bonds is 9. The zero-order chi connectivity index (χ0) is 27.9. The third kappa shape index (κ3) is 9.12. The molecule has 0 radical (unpaired) electrons. The van der Waals surface area contributed by atoms with Gasteiger partial charge in [-0.3, -0.25) is 9.59 Å². The van der Waals surface area contributed by atoms with Gasteiger partial charge in [0, 0.05) is 19.0 Å². The van der Waals surface area contributed by atoms with Crippen molar-refractivity contribution in [3.8, 4) is 5.75 Å². The van der Waals surface area contributed by atoms with Crippen molar-refractivity contribution >= 4 is 17.9 Å². The predicted octanol–water partition coefficient (Wildman–Crippen LogP) is 4.56. The lowest BCUT2D eigenvalue weighted by molar-refractivity contribution is -0.142. The van der Waals surface area contributed by atoms with Crippen LogP contribution in [0.5, 0.6) is 5.75 Å². The van der Waals surface area contributed by atoms with Crippen molar-refractivity contribution in [3.63, 3.8) is 0 Å². The highest BCUT2D eigenvalue weighted by atomic mass is 16.6. The number of hydrogen-bond acceptors (Lipinski definition) is 5. The van der Waals surface area contributed by atoms with Crippen LogP contribution in [0.2, 0.25) is 0 Å². The van der Waals surface area contributed by atoms with E-state index in [4.69, 9.17) is 4.74 Å². The first-order valence-corrected chi connectivity index (χ1v) is 12.7. The van der Waals surface area contributed by atoms with Crippen molar-refractivity contribution < 1.29 is 24.2 Å². The molecule has 0 saturated heterocycles. The average Bonchev–Trinajstić information content (AvgIpc) is 2.75. The van der Waals surface area contributed by atoms with Crippen LogP contribution in [0.1, 0.15) is 69.8 Å². The summed E-state index contributed by atoms with van der Waals surface area (Å²) in [4.78, 5) is 41.7. The second kappa shape index (κ2) is 12.6. The van der Waals surface area contributed by atoms with Crippen LogP contribution in [0.3, 0.4) is 0 Å². The van der Waals surface area contributed by atoms with Crippen LogP contribution in [-0.2, 0) is 20.7 Å². The number of carbonyl (C=O) groups is 3. The highest BCUT2D eigenvalue weighted by Gasteiger charge is 2.36. The van der Waals surface area contributed by atoms with Crippen molar-refractivity contribution in [3.05, 3.63) is 64.7 Å². The molecule has 2 rings (SSSR count). The molecule has 0 saturated carbocycles. The molecule has 2 atom stereocenters. The number of ether oxygens (including phenoxy) is 1. The standard InChI is InChI=1S/C29H41N3O5/c1-9-32(25(26(34)30-18(2)3)22-15-19(4)14-20(5)16-22)27(35)24(31-28(36)37-29(6,7)8)17-21-10-12-23(33)13-11-21/h10-16,18,24-25,33H,9,17H2,1-8H3,(H,30,34)(H,31,36). The van der Waals surface area contributed by atoms with Gasteiger partial charge in [-0.05, 0) is 78.6 Å². The lowest BCUT2D eigenvalue weighted by atomic mass is 9.97. The normalized spacial score (nSPS) is 13.0. The molecule has 0 fully saturated rings. The van der Waals surface area contributed by atoms with Crippen LogP contribution < -0.4 is 10.6 Å². The first kappa shape index (κ1) is 29.7. The summed E-state index contributed by atoms with van der Waals surface area (Å²) in [6, 6.07) is 10.2. The summed E-state index contributed by atoms with van der Waals surface area (Å²) >= 11 is 0. The number of phenols is 1. The molecule has 3 amide bonds. The van der Waals surface area contributed by atoms with E-state index in [9.17, 15) is 19.5 Å². The fourth-order valence-electron chi connectivity index (χ4n) is 4.19. The number of carbonyl (C=O) groups excluding carboxylic acids is 3. The van der Waals surface area contributed by atoms with E-state index < -0.39 is 29.7 Å². The summed E-state index contributed by atoms with van der Waals surface area (Å²) in [5.74, 6) is -0.609. The molecule has 8 nitrogen and oxygen atoms in total. The quantitative estimate of drug-likeness (QED) is 0.457. The Hall–Kier alpha value is -3.55. The van der Waals surface area contributed by atoms with Crippen molar-refractivity contribution in [2.24, 2.45) is 0 Å². The summed E-state index contributed by atoms with van der Waals surface area (Å²) in [5.41, 5.74) is 2.64. The zero-order valence-electron chi connectivity index (χ0n) is 23.2. The van der Waals surface area contributed by atoms with Crippen LogP contribution in [0.25, 0.3) is 0 Å². The molecule has 0 heterocycles. The maximum Gasteiger partial charge on any atom is 0.408 e. The number of benzene rings is 2. The van der Waals surface area contributed by atoms with Gasteiger partial charge in [-0.1, -0.05) is 41.5 Å². The third-order valence-corrected chi connectivity index (χ3v) is 5.54. The number of nitrogens with one attached hydrogen (secondary N) is 2. The van der Waals surface area contributed by atoms with Crippen LogP contribution in [0, 0.1) is 13.8 Å². The van der Waals surface area contributed by atoms with E-state index in [1.807, 2.05) is 45.9 Å².